The summed E-state index contributed by atoms with van der Waals surface area (Å²) < 4.78 is 0. The predicted molar refractivity (Wildman–Crippen MR) is 66.8 cm³/mol. The second kappa shape index (κ2) is 5.76. The minimum absolute atomic E-state index is 0.0676. The van der Waals surface area contributed by atoms with E-state index in [-0.39, 0.29) is 11.8 Å². The molecule has 0 spiro atoms. The molecule has 17 heavy (non-hydrogen) atoms. The second-order valence-corrected chi connectivity index (χ2v) is 5.85. The Morgan fingerprint density at radius 3 is 2.35 bits per heavy atom. The SMILES string of the molecule is O=C(O)[C@@H]1CSCN1C(=O)C1CCCCCC1. The molecule has 1 saturated carbocycles. The van der Waals surface area contributed by atoms with Gasteiger partial charge in [-0.3, -0.25) is 4.79 Å². The number of aliphatic carboxylic acids is 1. The van der Waals surface area contributed by atoms with Gasteiger partial charge in [0.25, 0.3) is 0 Å². The van der Waals surface area contributed by atoms with Gasteiger partial charge in [-0.1, -0.05) is 25.7 Å². The van der Waals surface area contributed by atoms with Crippen LogP contribution in [0.5, 0.6) is 0 Å². The van der Waals surface area contributed by atoms with Crippen LogP contribution in [0.3, 0.4) is 0 Å². The van der Waals surface area contributed by atoms with E-state index in [4.69, 9.17) is 5.11 Å². The van der Waals surface area contributed by atoms with Gasteiger partial charge >= 0.3 is 5.97 Å². The zero-order chi connectivity index (χ0) is 12.3. The molecule has 1 aliphatic heterocycles. The number of carbonyl (C=O) groups excluding carboxylic acids is 1. The zero-order valence-electron chi connectivity index (χ0n) is 9.93. The third kappa shape index (κ3) is 2.94. The van der Waals surface area contributed by atoms with Crippen LogP contribution in [-0.2, 0) is 9.59 Å². The normalized spacial score (nSPS) is 26.8. The molecule has 0 bridgehead atoms. The number of carboxylic acids is 1. The smallest absolute Gasteiger partial charge is 0.327 e. The van der Waals surface area contributed by atoms with Crippen LogP contribution in [0.15, 0.2) is 0 Å². The summed E-state index contributed by atoms with van der Waals surface area (Å²) in [6.07, 6.45) is 6.50. The highest BCUT2D eigenvalue weighted by Gasteiger charge is 2.37. The summed E-state index contributed by atoms with van der Waals surface area (Å²) in [6, 6.07) is -0.601. The molecule has 4 nitrogen and oxygen atoms in total. The van der Waals surface area contributed by atoms with Crippen molar-refractivity contribution in [1.29, 1.82) is 0 Å². The van der Waals surface area contributed by atoms with E-state index < -0.39 is 12.0 Å². The molecule has 0 aromatic rings. The number of carboxylic acid groups (broad SMARTS) is 1. The van der Waals surface area contributed by atoms with Crippen LogP contribution in [0.2, 0.25) is 0 Å². The van der Waals surface area contributed by atoms with E-state index in [1.165, 1.54) is 12.8 Å². The number of hydrogen-bond donors (Lipinski definition) is 1. The molecule has 0 aromatic carbocycles. The van der Waals surface area contributed by atoms with E-state index in [0.29, 0.717) is 11.6 Å². The van der Waals surface area contributed by atoms with Crippen LogP contribution in [0.4, 0.5) is 0 Å². The van der Waals surface area contributed by atoms with Gasteiger partial charge in [-0.15, -0.1) is 11.8 Å². The fourth-order valence-electron chi connectivity index (χ4n) is 2.63. The minimum atomic E-state index is -0.864. The van der Waals surface area contributed by atoms with Crippen molar-refractivity contribution in [1.82, 2.24) is 4.90 Å². The lowest BCUT2D eigenvalue weighted by Crippen LogP contribution is -2.44. The monoisotopic (exact) mass is 257 g/mol. The van der Waals surface area contributed by atoms with Crippen LogP contribution in [0.25, 0.3) is 0 Å². The highest BCUT2D eigenvalue weighted by Crippen LogP contribution is 2.29. The Hall–Kier alpha value is -0.710. The van der Waals surface area contributed by atoms with E-state index in [1.807, 2.05) is 0 Å². The lowest BCUT2D eigenvalue weighted by atomic mass is 9.98. The average Bonchev–Trinajstić information content (AvgIpc) is 2.64. The molecule has 1 saturated heterocycles. The average molecular weight is 257 g/mol. The summed E-state index contributed by atoms with van der Waals surface area (Å²) in [7, 11) is 0. The second-order valence-electron chi connectivity index (χ2n) is 4.85. The molecular weight excluding hydrogens is 238 g/mol. The van der Waals surface area contributed by atoms with Gasteiger partial charge in [0.15, 0.2) is 0 Å². The molecular formula is C12H19NO3S. The first-order valence-corrected chi connectivity index (χ1v) is 7.46. The van der Waals surface area contributed by atoms with Crippen molar-refractivity contribution >= 4 is 23.6 Å². The summed E-state index contributed by atoms with van der Waals surface area (Å²) in [6.45, 7) is 0. The summed E-state index contributed by atoms with van der Waals surface area (Å²) in [5.74, 6) is 0.361. The zero-order valence-corrected chi connectivity index (χ0v) is 10.7. The van der Waals surface area contributed by atoms with Gasteiger partial charge in [-0.25, -0.2) is 4.79 Å². The standard InChI is InChI=1S/C12H19NO3S/c14-11(9-5-3-1-2-4-6-9)13-8-17-7-10(13)12(15)16/h9-10H,1-8H2,(H,15,16)/t10-/m0/s1. The highest BCUT2D eigenvalue weighted by molar-refractivity contribution is 7.99. The van der Waals surface area contributed by atoms with Crippen molar-refractivity contribution in [2.24, 2.45) is 5.92 Å². The van der Waals surface area contributed by atoms with Crippen LogP contribution >= 0.6 is 11.8 Å². The molecule has 2 aliphatic rings. The third-order valence-corrected chi connectivity index (χ3v) is 4.67. The van der Waals surface area contributed by atoms with Gasteiger partial charge in [-0.05, 0) is 12.8 Å². The van der Waals surface area contributed by atoms with Gasteiger partial charge < -0.3 is 10.0 Å². The Bertz CT molecular complexity index is 300. The highest BCUT2D eigenvalue weighted by atomic mass is 32.2. The Morgan fingerprint density at radius 2 is 1.76 bits per heavy atom. The predicted octanol–water partition coefficient (Wildman–Crippen LogP) is 1.94. The van der Waals surface area contributed by atoms with E-state index in [0.717, 1.165) is 25.7 Å². The quantitative estimate of drug-likeness (QED) is 0.768. The van der Waals surface area contributed by atoms with Crippen LogP contribution < -0.4 is 0 Å². The van der Waals surface area contributed by atoms with Gasteiger partial charge in [0.1, 0.15) is 6.04 Å². The van der Waals surface area contributed by atoms with Crippen molar-refractivity contribution in [3.8, 4) is 0 Å². The maximum absolute atomic E-state index is 12.3. The van der Waals surface area contributed by atoms with Crippen LogP contribution in [0, 0.1) is 5.92 Å². The Morgan fingerprint density at radius 1 is 1.12 bits per heavy atom. The van der Waals surface area contributed by atoms with Crippen molar-refractivity contribution in [3.05, 3.63) is 0 Å². The lowest BCUT2D eigenvalue weighted by molar-refractivity contribution is -0.149. The molecule has 1 N–H and O–H groups in total. The molecule has 0 unspecified atom stereocenters. The maximum atomic E-state index is 12.3. The molecule has 1 aliphatic carbocycles. The fraction of sp³-hybridized carbons (Fsp3) is 0.833. The van der Waals surface area contributed by atoms with Crippen molar-refractivity contribution in [2.75, 3.05) is 11.6 Å². The van der Waals surface area contributed by atoms with Gasteiger partial charge in [-0.2, -0.15) is 0 Å². The first kappa shape index (κ1) is 12.7. The fourth-order valence-corrected chi connectivity index (χ4v) is 3.78. The van der Waals surface area contributed by atoms with Gasteiger partial charge in [0.2, 0.25) is 5.91 Å². The van der Waals surface area contributed by atoms with Gasteiger partial charge in [0, 0.05) is 11.7 Å². The van der Waals surface area contributed by atoms with Gasteiger partial charge in [0.05, 0.1) is 5.88 Å². The largest absolute Gasteiger partial charge is 0.480 e. The third-order valence-electron chi connectivity index (χ3n) is 3.65. The number of amides is 1. The summed E-state index contributed by atoms with van der Waals surface area (Å²) in [5.41, 5.74) is 0. The maximum Gasteiger partial charge on any atom is 0.327 e. The molecule has 5 heteroatoms. The summed E-state index contributed by atoms with van der Waals surface area (Å²) in [5, 5.41) is 9.08. The number of thioether (sulfide) groups is 1. The molecule has 2 rings (SSSR count). The molecule has 0 radical (unpaired) electrons. The summed E-state index contributed by atoms with van der Waals surface area (Å²) >= 11 is 1.54. The van der Waals surface area contributed by atoms with Crippen molar-refractivity contribution in [3.63, 3.8) is 0 Å². The summed E-state index contributed by atoms with van der Waals surface area (Å²) in [4.78, 5) is 24.9. The minimum Gasteiger partial charge on any atom is -0.480 e. The number of carbonyl (C=O) groups is 2. The van der Waals surface area contributed by atoms with Crippen molar-refractivity contribution in [2.45, 2.75) is 44.6 Å². The lowest BCUT2D eigenvalue weighted by Gasteiger charge is -2.25. The topological polar surface area (TPSA) is 57.6 Å². The molecule has 0 aromatic heterocycles. The van der Waals surface area contributed by atoms with E-state index >= 15 is 0 Å². The van der Waals surface area contributed by atoms with E-state index in [1.54, 1.807) is 16.7 Å². The molecule has 96 valence electrons. The van der Waals surface area contributed by atoms with E-state index in [2.05, 4.69) is 0 Å². The number of hydrogen-bond acceptors (Lipinski definition) is 3. The Labute approximate surface area is 106 Å². The molecule has 1 atom stereocenters. The van der Waals surface area contributed by atoms with E-state index in [9.17, 15) is 9.59 Å². The van der Waals surface area contributed by atoms with Crippen LogP contribution in [0.1, 0.15) is 38.5 Å². The Kier molecular flexibility index (Phi) is 4.31. The molecule has 1 heterocycles. The van der Waals surface area contributed by atoms with Crippen LogP contribution in [-0.4, -0.2) is 39.6 Å². The Balaban J connectivity index is 2.00. The number of rotatable bonds is 2. The first-order chi connectivity index (χ1) is 8.20. The molecule has 2 fully saturated rings. The first-order valence-electron chi connectivity index (χ1n) is 6.31. The number of nitrogens with zero attached hydrogens (tertiary/aromatic N) is 1. The molecule has 1 amide bonds. The van der Waals surface area contributed by atoms with Crippen molar-refractivity contribution < 1.29 is 14.7 Å².